The van der Waals surface area contributed by atoms with Gasteiger partial charge in [0.05, 0.1) is 24.7 Å². The zero-order valence-corrected chi connectivity index (χ0v) is 17.7. The molecule has 0 fully saturated rings. The average Bonchev–Trinajstić information content (AvgIpc) is 2.65. The van der Waals surface area contributed by atoms with Crippen LogP contribution in [-0.4, -0.2) is 36.7 Å². The van der Waals surface area contributed by atoms with Crippen LogP contribution in [0, 0.1) is 0 Å². The number of benzene rings is 2. The molecule has 0 aromatic heterocycles. The van der Waals surface area contributed by atoms with Crippen LogP contribution in [0.3, 0.4) is 0 Å². The summed E-state index contributed by atoms with van der Waals surface area (Å²) in [5, 5.41) is 0. The summed E-state index contributed by atoms with van der Waals surface area (Å²) in [4.78, 5) is 0.0482. The summed E-state index contributed by atoms with van der Waals surface area (Å²) in [6.45, 7) is 2.32. The number of rotatable bonds is 6. The molecule has 1 N–H and O–H groups in total. The van der Waals surface area contributed by atoms with Crippen molar-refractivity contribution in [2.75, 3.05) is 28.9 Å². The maximum atomic E-state index is 13.0. The first kappa shape index (κ1) is 20.5. The van der Waals surface area contributed by atoms with E-state index in [9.17, 15) is 16.8 Å². The molecule has 2 aromatic rings. The molecule has 0 spiro atoms. The lowest BCUT2D eigenvalue weighted by atomic mass is 10.0. The van der Waals surface area contributed by atoms with Crippen LogP contribution in [0.5, 0.6) is 5.75 Å². The topological polar surface area (TPSA) is 92.8 Å². The Morgan fingerprint density at radius 2 is 1.86 bits per heavy atom. The third-order valence-corrected chi connectivity index (χ3v) is 7.32. The smallest absolute Gasteiger partial charge is 0.265 e. The Labute approximate surface area is 166 Å². The van der Waals surface area contributed by atoms with E-state index in [2.05, 4.69) is 4.72 Å². The van der Waals surface area contributed by atoms with Crippen molar-refractivity contribution >= 4 is 31.4 Å². The van der Waals surface area contributed by atoms with Gasteiger partial charge in [0.15, 0.2) is 0 Å². The summed E-state index contributed by atoms with van der Waals surface area (Å²) < 4.78 is 59.2. The van der Waals surface area contributed by atoms with Crippen molar-refractivity contribution in [1.82, 2.24) is 0 Å². The maximum absolute atomic E-state index is 13.0. The molecule has 0 saturated carbocycles. The molecule has 0 bridgehead atoms. The normalized spacial score (nSPS) is 14.5. The lowest BCUT2D eigenvalue weighted by Gasteiger charge is -2.29. The van der Waals surface area contributed by atoms with Crippen molar-refractivity contribution in [2.24, 2.45) is 0 Å². The first-order valence-corrected chi connectivity index (χ1v) is 12.3. The molecule has 0 aliphatic carbocycles. The van der Waals surface area contributed by atoms with E-state index >= 15 is 0 Å². The van der Waals surface area contributed by atoms with Gasteiger partial charge in [0, 0.05) is 6.54 Å². The molecule has 28 heavy (non-hydrogen) atoms. The molecule has 7 nitrogen and oxygen atoms in total. The van der Waals surface area contributed by atoms with Crippen molar-refractivity contribution < 1.29 is 21.6 Å². The Balaban J connectivity index is 2.01. The molecular formula is C19H24N2O5S2. The first-order chi connectivity index (χ1) is 13.2. The van der Waals surface area contributed by atoms with Crippen molar-refractivity contribution in [3.8, 4) is 5.75 Å². The Kier molecular flexibility index (Phi) is 5.58. The maximum Gasteiger partial charge on any atom is 0.265 e. The second-order valence-corrected chi connectivity index (χ2v) is 10.3. The zero-order chi connectivity index (χ0) is 20.5. The van der Waals surface area contributed by atoms with Crippen LogP contribution in [0.15, 0.2) is 41.3 Å². The van der Waals surface area contributed by atoms with Crippen LogP contribution in [0.2, 0.25) is 0 Å². The molecule has 0 unspecified atom stereocenters. The molecule has 1 aliphatic heterocycles. The van der Waals surface area contributed by atoms with E-state index in [0.717, 1.165) is 30.2 Å². The van der Waals surface area contributed by atoms with E-state index < -0.39 is 20.0 Å². The quantitative estimate of drug-likeness (QED) is 0.770. The molecule has 9 heteroatoms. The number of sulfonamides is 2. The summed E-state index contributed by atoms with van der Waals surface area (Å²) in [7, 11) is -5.93. The van der Waals surface area contributed by atoms with Crippen LogP contribution < -0.4 is 13.8 Å². The summed E-state index contributed by atoms with van der Waals surface area (Å²) in [6.07, 6.45) is 3.32. The van der Waals surface area contributed by atoms with Crippen molar-refractivity contribution in [3.63, 3.8) is 0 Å². The predicted octanol–water partition coefficient (Wildman–Crippen LogP) is 2.77. The van der Waals surface area contributed by atoms with Gasteiger partial charge in [0.25, 0.3) is 10.0 Å². The first-order valence-electron chi connectivity index (χ1n) is 8.96. The molecule has 0 amide bonds. The number of hydrogen-bond donors (Lipinski definition) is 1. The molecule has 1 heterocycles. The summed E-state index contributed by atoms with van der Waals surface area (Å²) in [6, 6.07) is 10.0. The summed E-state index contributed by atoms with van der Waals surface area (Å²) >= 11 is 0. The molecular weight excluding hydrogens is 400 g/mol. The standard InChI is InChI=1S/C19H24N2O5S2/c1-4-14-7-10-18(26-2)19(12-14)28(24,25)20-16-9-8-15-6-5-11-21(17(15)13-16)27(3,22)23/h7-10,12-13,20H,4-6,11H2,1-3H3. The van der Waals surface area contributed by atoms with Gasteiger partial charge in [-0.1, -0.05) is 19.1 Å². The molecule has 0 atom stereocenters. The predicted molar refractivity (Wildman–Crippen MR) is 110 cm³/mol. The van der Waals surface area contributed by atoms with Gasteiger partial charge in [-0.15, -0.1) is 0 Å². The number of fused-ring (bicyclic) bond motifs is 1. The Hall–Kier alpha value is -2.26. The van der Waals surface area contributed by atoms with Gasteiger partial charge in [0.1, 0.15) is 10.6 Å². The van der Waals surface area contributed by atoms with Crippen LogP contribution in [0.25, 0.3) is 0 Å². The van der Waals surface area contributed by atoms with Crippen LogP contribution in [-0.2, 0) is 32.9 Å². The van der Waals surface area contributed by atoms with Gasteiger partial charge >= 0.3 is 0 Å². The minimum Gasteiger partial charge on any atom is -0.495 e. The fourth-order valence-electron chi connectivity index (χ4n) is 3.31. The highest BCUT2D eigenvalue weighted by molar-refractivity contribution is 7.93. The van der Waals surface area contributed by atoms with Gasteiger partial charge in [-0.05, 0) is 54.7 Å². The van der Waals surface area contributed by atoms with E-state index in [-0.39, 0.29) is 10.6 Å². The van der Waals surface area contributed by atoms with Gasteiger partial charge in [-0.3, -0.25) is 9.03 Å². The average molecular weight is 425 g/mol. The van der Waals surface area contributed by atoms with E-state index in [1.165, 1.54) is 11.4 Å². The van der Waals surface area contributed by atoms with E-state index in [1.807, 2.05) is 13.0 Å². The highest BCUT2D eigenvalue weighted by Gasteiger charge is 2.26. The molecule has 1 aliphatic rings. The van der Waals surface area contributed by atoms with Crippen LogP contribution >= 0.6 is 0 Å². The SMILES string of the molecule is CCc1ccc(OC)c(S(=O)(=O)Nc2ccc3c(c2)N(S(C)(=O)=O)CCC3)c1. The number of anilines is 2. The van der Waals surface area contributed by atoms with Gasteiger partial charge in [-0.2, -0.15) is 0 Å². The molecule has 2 aromatic carbocycles. The van der Waals surface area contributed by atoms with Crippen LogP contribution in [0.1, 0.15) is 24.5 Å². The largest absolute Gasteiger partial charge is 0.495 e. The number of nitrogens with one attached hydrogen (secondary N) is 1. The number of aryl methyl sites for hydroxylation is 2. The number of methoxy groups -OCH3 is 1. The lowest BCUT2D eigenvalue weighted by molar-refractivity contribution is 0.402. The highest BCUT2D eigenvalue weighted by atomic mass is 32.2. The Morgan fingerprint density at radius 3 is 2.50 bits per heavy atom. The number of nitrogens with zero attached hydrogens (tertiary/aromatic N) is 1. The molecule has 0 saturated heterocycles. The summed E-state index contributed by atoms with van der Waals surface area (Å²) in [5.41, 5.74) is 2.57. The van der Waals surface area contributed by atoms with Crippen molar-refractivity contribution in [1.29, 1.82) is 0 Å². The Bertz CT molecular complexity index is 1100. The van der Waals surface area contributed by atoms with Gasteiger partial charge in [-0.25, -0.2) is 16.8 Å². The van der Waals surface area contributed by atoms with Crippen molar-refractivity contribution in [3.05, 3.63) is 47.5 Å². The number of hydrogen-bond acceptors (Lipinski definition) is 5. The molecule has 3 rings (SSSR count). The minimum atomic E-state index is -3.91. The second-order valence-electron chi connectivity index (χ2n) is 6.73. The van der Waals surface area contributed by atoms with Gasteiger partial charge in [0.2, 0.25) is 10.0 Å². The second kappa shape index (κ2) is 7.63. The fourth-order valence-corrected chi connectivity index (χ4v) is 5.57. The highest BCUT2D eigenvalue weighted by Crippen LogP contribution is 2.33. The number of ether oxygens (including phenoxy) is 1. The van der Waals surface area contributed by atoms with Crippen LogP contribution in [0.4, 0.5) is 11.4 Å². The van der Waals surface area contributed by atoms with E-state index in [1.54, 1.807) is 30.3 Å². The van der Waals surface area contributed by atoms with Gasteiger partial charge < -0.3 is 4.74 Å². The zero-order valence-electron chi connectivity index (χ0n) is 16.1. The van der Waals surface area contributed by atoms with E-state index in [4.69, 9.17) is 4.74 Å². The Morgan fingerprint density at radius 1 is 1.11 bits per heavy atom. The van der Waals surface area contributed by atoms with E-state index in [0.29, 0.717) is 24.3 Å². The third kappa shape index (κ3) is 4.10. The monoisotopic (exact) mass is 424 g/mol. The third-order valence-electron chi connectivity index (χ3n) is 4.74. The minimum absolute atomic E-state index is 0.0482. The fraction of sp³-hybridized carbons (Fsp3) is 0.368. The molecule has 0 radical (unpaired) electrons. The lowest BCUT2D eigenvalue weighted by Crippen LogP contribution is -2.34. The van der Waals surface area contributed by atoms with Crippen molar-refractivity contribution in [2.45, 2.75) is 31.1 Å². The summed E-state index contributed by atoms with van der Waals surface area (Å²) in [5.74, 6) is 0.250. The molecule has 152 valence electrons.